The molecule has 1 spiro atoms. The highest BCUT2D eigenvalue weighted by molar-refractivity contribution is 5.99. The number of carbonyl (C=O) groups is 3. The standard InChI is InChI=1S/C29H46N2O6/c1-6-16-30(20-12-10-9-11-13-20)26(34)24-29-15-14-28(7-2,37-29)23(27(35)36-8-3)22(29)25(33)31(24)21(18-32)17-19(4)5/h6,19-24,32H,1,7-18H2,2-5H3/t21-,22+,23-,24?,28+,29?/m1/s1. The van der Waals surface area contributed by atoms with Crippen LogP contribution in [-0.2, 0) is 23.9 Å². The van der Waals surface area contributed by atoms with E-state index in [4.69, 9.17) is 9.47 Å². The summed E-state index contributed by atoms with van der Waals surface area (Å²) in [6.07, 6.45) is 9.17. The van der Waals surface area contributed by atoms with Crippen molar-refractivity contribution in [3.63, 3.8) is 0 Å². The van der Waals surface area contributed by atoms with Crippen LogP contribution in [0.25, 0.3) is 0 Å². The predicted octanol–water partition coefficient (Wildman–Crippen LogP) is 3.46. The van der Waals surface area contributed by atoms with E-state index in [1.807, 2.05) is 25.7 Å². The zero-order chi connectivity index (χ0) is 27.0. The molecule has 2 unspecified atom stereocenters. The van der Waals surface area contributed by atoms with E-state index < -0.39 is 41.1 Å². The first-order valence-corrected chi connectivity index (χ1v) is 14.4. The zero-order valence-corrected chi connectivity index (χ0v) is 23.1. The molecule has 4 fully saturated rings. The van der Waals surface area contributed by atoms with Gasteiger partial charge in [-0.2, -0.15) is 0 Å². The second kappa shape index (κ2) is 11.0. The highest BCUT2D eigenvalue weighted by atomic mass is 16.6. The average Bonchev–Trinajstić information content (AvgIpc) is 3.49. The average molecular weight is 519 g/mol. The van der Waals surface area contributed by atoms with Crippen LogP contribution in [0.4, 0.5) is 0 Å². The van der Waals surface area contributed by atoms with Gasteiger partial charge in [-0.15, -0.1) is 6.58 Å². The molecule has 3 heterocycles. The minimum atomic E-state index is -1.10. The van der Waals surface area contributed by atoms with Crippen molar-refractivity contribution in [2.45, 2.75) is 115 Å². The second-order valence-corrected chi connectivity index (χ2v) is 11.9. The molecule has 1 saturated carbocycles. The number of nitrogens with zero attached hydrogens (tertiary/aromatic N) is 2. The van der Waals surface area contributed by atoms with Crippen molar-refractivity contribution in [3.05, 3.63) is 12.7 Å². The van der Waals surface area contributed by atoms with Crippen LogP contribution in [0.2, 0.25) is 0 Å². The normalized spacial score (nSPS) is 34.1. The molecule has 6 atom stereocenters. The van der Waals surface area contributed by atoms with E-state index >= 15 is 0 Å². The van der Waals surface area contributed by atoms with Crippen molar-refractivity contribution in [3.8, 4) is 0 Å². The summed E-state index contributed by atoms with van der Waals surface area (Å²) in [6, 6.07) is -1.32. The van der Waals surface area contributed by atoms with Gasteiger partial charge in [0, 0.05) is 12.6 Å². The molecule has 1 aliphatic carbocycles. The smallest absolute Gasteiger partial charge is 0.312 e. The maximum Gasteiger partial charge on any atom is 0.312 e. The van der Waals surface area contributed by atoms with Gasteiger partial charge in [0.1, 0.15) is 17.6 Å². The number of rotatable bonds is 11. The molecule has 1 N–H and O–H groups in total. The Hall–Kier alpha value is -1.93. The van der Waals surface area contributed by atoms with Gasteiger partial charge in [-0.05, 0) is 51.4 Å². The lowest BCUT2D eigenvalue weighted by Crippen LogP contribution is -2.60. The maximum atomic E-state index is 14.6. The van der Waals surface area contributed by atoms with Gasteiger partial charge in [0.15, 0.2) is 0 Å². The third-order valence-corrected chi connectivity index (χ3v) is 9.37. The maximum absolute atomic E-state index is 14.6. The summed E-state index contributed by atoms with van der Waals surface area (Å²) >= 11 is 0. The molecule has 2 amide bonds. The topological polar surface area (TPSA) is 96.4 Å². The van der Waals surface area contributed by atoms with Gasteiger partial charge in [-0.3, -0.25) is 14.4 Å². The van der Waals surface area contributed by atoms with Crippen molar-refractivity contribution >= 4 is 17.8 Å². The molecule has 0 radical (unpaired) electrons. The Kier molecular flexibility index (Phi) is 8.39. The molecule has 3 saturated heterocycles. The third-order valence-electron chi connectivity index (χ3n) is 9.37. The van der Waals surface area contributed by atoms with Crippen LogP contribution >= 0.6 is 0 Å². The number of aliphatic hydroxyl groups is 1. The zero-order valence-electron chi connectivity index (χ0n) is 23.1. The highest BCUT2D eigenvalue weighted by Crippen LogP contribution is 2.65. The van der Waals surface area contributed by atoms with E-state index in [1.54, 1.807) is 17.9 Å². The molecule has 4 aliphatic rings. The van der Waals surface area contributed by atoms with Crippen LogP contribution in [0.3, 0.4) is 0 Å². The van der Waals surface area contributed by atoms with Crippen LogP contribution in [0.1, 0.15) is 85.5 Å². The molecule has 0 aromatic heterocycles. The Morgan fingerprint density at radius 3 is 2.51 bits per heavy atom. The Bertz CT molecular complexity index is 886. The predicted molar refractivity (Wildman–Crippen MR) is 139 cm³/mol. The quantitative estimate of drug-likeness (QED) is 0.332. The molecule has 2 bridgehead atoms. The van der Waals surface area contributed by atoms with Crippen molar-refractivity contribution in [1.29, 1.82) is 0 Å². The number of hydrogen-bond acceptors (Lipinski definition) is 6. The number of ether oxygens (including phenoxy) is 2. The summed E-state index contributed by atoms with van der Waals surface area (Å²) in [6.45, 7) is 12.1. The number of amides is 2. The van der Waals surface area contributed by atoms with E-state index in [0.717, 1.165) is 32.1 Å². The van der Waals surface area contributed by atoms with Crippen LogP contribution < -0.4 is 0 Å². The Morgan fingerprint density at radius 1 is 1.24 bits per heavy atom. The SMILES string of the molecule is C=CCN(C(=O)C1N([C@@H](CO)CC(C)C)C(=O)[C@@H]2[C@H](C(=O)OCC)[C@]3(CC)CCC12O3)C1CCCCC1. The summed E-state index contributed by atoms with van der Waals surface area (Å²) in [7, 11) is 0. The monoisotopic (exact) mass is 518 g/mol. The molecule has 0 aromatic rings. The first-order valence-electron chi connectivity index (χ1n) is 14.4. The molecule has 37 heavy (non-hydrogen) atoms. The van der Waals surface area contributed by atoms with E-state index in [2.05, 4.69) is 6.58 Å². The molecule has 4 rings (SSSR count). The number of hydrogen-bond donors (Lipinski definition) is 1. The van der Waals surface area contributed by atoms with Gasteiger partial charge in [0.25, 0.3) is 0 Å². The van der Waals surface area contributed by atoms with Crippen molar-refractivity contribution < 1.29 is 29.0 Å². The minimum Gasteiger partial charge on any atom is -0.466 e. The van der Waals surface area contributed by atoms with E-state index in [-0.39, 0.29) is 37.0 Å². The van der Waals surface area contributed by atoms with Crippen LogP contribution in [0.5, 0.6) is 0 Å². The molecule has 208 valence electrons. The van der Waals surface area contributed by atoms with Gasteiger partial charge < -0.3 is 24.4 Å². The molecule has 3 aliphatic heterocycles. The van der Waals surface area contributed by atoms with Gasteiger partial charge in [0.2, 0.25) is 11.8 Å². The van der Waals surface area contributed by atoms with Crippen molar-refractivity contribution in [2.24, 2.45) is 17.8 Å². The lowest BCUT2D eigenvalue weighted by Gasteiger charge is -2.42. The summed E-state index contributed by atoms with van der Waals surface area (Å²) in [4.78, 5) is 45.8. The highest BCUT2D eigenvalue weighted by Gasteiger charge is 2.79. The molecular weight excluding hydrogens is 472 g/mol. The molecule has 8 nitrogen and oxygen atoms in total. The Labute approximate surface area is 221 Å². The number of esters is 1. The molecule has 0 aromatic carbocycles. The van der Waals surface area contributed by atoms with Gasteiger partial charge in [-0.1, -0.05) is 46.1 Å². The third kappa shape index (κ3) is 4.52. The fourth-order valence-electron chi connectivity index (χ4n) is 7.85. The largest absolute Gasteiger partial charge is 0.466 e. The first-order chi connectivity index (χ1) is 17.7. The summed E-state index contributed by atoms with van der Waals surface area (Å²) in [5.41, 5.74) is -1.90. The van der Waals surface area contributed by atoms with Crippen LogP contribution in [-0.4, -0.2) is 81.8 Å². The van der Waals surface area contributed by atoms with Crippen LogP contribution in [0.15, 0.2) is 12.7 Å². The second-order valence-electron chi connectivity index (χ2n) is 11.9. The summed E-state index contributed by atoms with van der Waals surface area (Å²) < 4.78 is 12.3. The number of fused-ring (bicyclic) bond motifs is 1. The number of carbonyl (C=O) groups excluding carboxylic acids is 3. The summed E-state index contributed by atoms with van der Waals surface area (Å²) in [5, 5.41) is 10.5. The van der Waals surface area contributed by atoms with Crippen LogP contribution in [0, 0.1) is 17.8 Å². The fraction of sp³-hybridized carbons (Fsp3) is 0.828. The first kappa shape index (κ1) is 28.1. The Balaban J connectivity index is 1.82. The Morgan fingerprint density at radius 2 is 1.95 bits per heavy atom. The van der Waals surface area contributed by atoms with Crippen molar-refractivity contribution in [2.75, 3.05) is 19.8 Å². The van der Waals surface area contributed by atoms with E-state index in [9.17, 15) is 19.5 Å². The van der Waals surface area contributed by atoms with E-state index in [1.165, 1.54) is 0 Å². The van der Waals surface area contributed by atoms with Crippen molar-refractivity contribution in [1.82, 2.24) is 9.80 Å². The lowest BCUT2D eigenvalue weighted by molar-refractivity contribution is -0.164. The molecule has 8 heteroatoms. The fourth-order valence-corrected chi connectivity index (χ4v) is 7.85. The minimum absolute atomic E-state index is 0.0870. The lowest BCUT2D eigenvalue weighted by atomic mass is 9.65. The van der Waals surface area contributed by atoms with Gasteiger partial charge in [-0.25, -0.2) is 0 Å². The number of likely N-dealkylation sites (tertiary alicyclic amines) is 1. The van der Waals surface area contributed by atoms with Gasteiger partial charge >= 0.3 is 5.97 Å². The van der Waals surface area contributed by atoms with E-state index in [0.29, 0.717) is 32.2 Å². The summed E-state index contributed by atoms with van der Waals surface area (Å²) in [5.74, 6) is -2.14. The molecular formula is C29H46N2O6. The van der Waals surface area contributed by atoms with Gasteiger partial charge in [0.05, 0.1) is 30.8 Å². The number of aliphatic hydroxyl groups excluding tert-OH is 1.